The molecule has 1 aliphatic heterocycles. The van der Waals surface area contributed by atoms with Crippen LogP contribution in [-0.4, -0.2) is 29.8 Å². The van der Waals surface area contributed by atoms with Crippen LogP contribution in [0.1, 0.15) is 12.8 Å². The van der Waals surface area contributed by atoms with Gasteiger partial charge in [0, 0.05) is 0 Å². The molecular formula is C7H10F3NO2. The van der Waals surface area contributed by atoms with Crippen molar-refractivity contribution in [2.75, 3.05) is 6.54 Å². The third-order valence-corrected chi connectivity index (χ3v) is 2.13. The van der Waals surface area contributed by atoms with Gasteiger partial charge in [0.05, 0.1) is 5.92 Å². The standard InChI is InChI=1S/C7H10F3NO2/c8-7(9,10)5-4(6(12)13)2-1-3-11-5/h4-5,11H,1-3H2,(H,12,13). The Morgan fingerprint density at radius 3 is 2.46 bits per heavy atom. The molecule has 6 heteroatoms. The van der Waals surface area contributed by atoms with Gasteiger partial charge in [0.1, 0.15) is 6.04 Å². The molecule has 0 radical (unpaired) electrons. The highest BCUT2D eigenvalue weighted by Crippen LogP contribution is 2.30. The number of piperidine rings is 1. The van der Waals surface area contributed by atoms with Gasteiger partial charge in [-0.05, 0) is 19.4 Å². The van der Waals surface area contributed by atoms with Crippen LogP contribution >= 0.6 is 0 Å². The number of rotatable bonds is 1. The molecule has 13 heavy (non-hydrogen) atoms. The lowest BCUT2D eigenvalue weighted by Gasteiger charge is -2.31. The zero-order chi connectivity index (χ0) is 10.1. The molecule has 0 saturated carbocycles. The van der Waals surface area contributed by atoms with Crippen LogP contribution in [0.4, 0.5) is 13.2 Å². The maximum absolute atomic E-state index is 12.2. The topological polar surface area (TPSA) is 49.3 Å². The molecule has 1 fully saturated rings. The second-order valence-corrected chi connectivity index (χ2v) is 3.06. The molecule has 0 aromatic heterocycles. The summed E-state index contributed by atoms with van der Waals surface area (Å²) in [6.45, 7) is 0.230. The van der Waals surface area contributed by atoms with Gasteiger partial charge in [-0.25, -0.2) is 0 Å². The van der Waals surface area contributed by atoms with Gasteiger partial charge in [0.25, 0.3) is 0 Å². The van der Waals surface area contributed by atoms with Crippen LogP contribution in [0.15, 0.2) is 0 Å². The Hall–Kier alpha value is -0.780. The first-order chi connectivity index (χ1) is 5.93. The summed E-state index contributed by atoms with van der Waals surface area (Å²) in [5.41, 5.74) is 0. The highest BCUT2D eigenvalue weighted by Gasteiger charge is 2.48. The van der Waals surface area contributed by atoms with Crippen molar-refractivity contribution in [3.8, 4) is 0 Å². The summed E-state index contributed by atoms with van der Waals surface area (Å²) >= 11 is 0. The maximum atomic E-state index is 12.2. The van der Waals surface area contributed by atoms with E-state index in [4.69, 9.17) is 5.11 Å². The van der Waals surface area contributed by atoms with Crippen molar-refractivity contribution in [3.05, 3.63) is 0 Å². The number of carboxylic acid groups (broad SMARTS) is 1. The largest absolute Gasteiger partial charge is 0.481 e. The van der Waals surface area contributed by atoms with Gasteiger partial charge in [-0.1, -0.05) is 0 Å². The third-order valence-electron chi connectivity index (χ3n) is 2.13. The highest BCUT2D eigenvalue weighted by molar-refractivity contribution is 5.71. The lowest BCUT2D eigenvalue weighted by molar-refractivity contribution is -0.183. The first-order valence-electron chi connectivity index (χ1n) is 3.96. The smallest absolute Gasteiger partial charge is 0.404 e. The van der Waals surface area contributed by atoms with Gasteiger partial charge >= 0.3 is 12.1 Å². The number of halogens is 3. The SMILES string of the molecule is O=C(O)C1CCCNC1C(F)(F)F. The van der Waals surface area contributed by atoms with Crippen LogP contribution in [0.5, 0.6) is 0 Å². The molecule has 2 N–H and O–H groups in total. The van der Waals surface area contributed by atoms with Crippen molar-refractivity contribution < 1.29 is 23.1 Å². The van der Waals surface area contributed by atoms with E-state index >= 15 is 0 Å². The van der Waals surface area contributed by atoms with Gasteiger partial charge in [-0.3, -0.25) is 4.79 Å². The van der Waals surface area contributed by atoms with Crippen molar-refractivity contribution >= 4 is 5.97 Å². The number of hydrogen-bond acceptors (Lipinski definition) is 2. The molecule has 1 aliphatic rings. The van der Waals surface area contributed by atoms with Crippen molar-refractivity contribution in [1.82, 2.24) is 5.32 Å². The average molecular weight is 197 g/mol. The average Bonchev–Trinajstić information content (AvgIpc) is 2.03. The second-order valence-electron chi connectivity index (χ2n) is 3.06. The molecule has 1 saturated heterocycles. The summed E-state index contributed by atoms with van der Waals surface area (Å²) in [6, 6.07) is -1.89. The van der Waals surface area contributed by atoms with Crippen LogP contribution in [-0.2, 0) is 4.79 Å². The monoisotopic (exact) mass is 197 g/mol. The van der Waals surface area contributed by atoms with Crippen LogP contribution in [0, 0.1) is 5.92 Å². The molecule has 2 atom stereocenters. The predicted octanol–water partition coefficient (Wildman–Crippen LogP) is 1.00. The van der Waals surface area contributed by atoms with Gasteiger partial charge < -0.3 is 10.4 Å². The first-order valence-corrected chi connectivity index (χ1v) is 3.96. The minimum absolute atomic E-state index is 0.0898. The van der Waals surface area contributed by atoms with E-state index in [0.717, 1.165) is 0 Å². The molecule has 76 valence electrons. The number of aliphatic carboxylic acids is 1. The van der Waals surface area contributed by atoms with E-state index in [-0.39, 0.29) is 13.0 Å². The number of nitrogens with one attached hydrogen (secondary N) is 1. The van der Waals surface area contributed by atoms with Gasteiger partial charge in [-0.15, -0.1) is 0 Å². The Bertz CT molecular complexity index is 204. The second kappa shape index (κ2) is 3.53. The summed E-state index contributed by atoms with van der Waals surface area (Å²) in [4.78, 5) is 10.5. The van der Waals surface area contributed by atoms with Crippen molar-refractivity contribution in [1.29, 1.82) is 0 Å². The fourth-order valence-electron chi connectivity index (χ4n) is 1.50. The van der Waals surface area contributed by atoms with Crippen LogP contribution < -0.4 is 5.32 Å². The van der Waals surface area contributed by atoms with Crippen molar-refractivity contribution in [2.45, 2.75) is 25.1 Å². The van der Waals surface area contributed by atoms with Crippen LogP contribution in [0.25, 0.3) is 0 Å². The predicted molar refractivity (Wildman–Crippen MR) is 38.2 cm³/mol. The molecular weight excluding hydrogens is 187 g/mol. The Balaban J connectivity index is 2.73. The zero-order valence-corrected chi connectivity index (χ0v) is 6.77. The summed E-state index contributed by atoms with van der Waals surface area (Å²) in [6.07, 6.45) is -3.90. The van der Waals surface area contributed by atoms with Gasteiger partial charge in [0.15, 0.2) is 0 Å². The summed E-state index contributed by atoms with van der Waals surface area (Å²) < 4.78 is 36.7. The summed E-state index contributed by atoms with van der Waals surface area (Å²) in [5, 5.41) is 10.7. The zero-order valence-electron chi connectivity index (χ0n) is 6.77. The van der Waals surface area contributed by atoms with E-state index in [1.165, 1.54) is 0 Å². The fraction of sp³-hybridized carbons (Fsp3) is 0.857. The van der Waals surface area contributed by atoms with Gasteiger partial charge in [0.2, 0.25) is 0 Å². The van der Waals surface area contributed by atoms with E-state index in [0.29, 0.717) is 6.42 Å². The molecule has 0 aromatic rings. The molecule has 2 unspecified atom stereocenters. The number of hydrogen-bond donors (Lipinski definition) is 2. The molecule has 0 aliphatic carbocycles. The molecule has 0 spiro atoms. The summed E-state index contributed by atoms with van der Waals surface area (Å²) in [7, 11) is 0. The van der Waals surface area contributed by atoms with E-state index in [9.17, 15) is 18.0 Å². The van der Waals surface area contributed by atoms with E-state index < -0.39 is 24.1 Å². The minimum atomic E-state index is -4.47. The van der Waals surface area contributed by atoms with Crippen molar-refractivity contribution in [3.63, 3.8) is 0 Å². The van der Waals surface area contributed by atoms with Crippen molar-refractivity contribution in [2.24, 2.45) is 5.92 Å². The molecule has 0 amide bonds. The molecule has 3 nitrogen and oxygen atoms in total. The summed E-state index contributed by atoms with van der Waals surface area (Å²) in [5.74, 6) is -2.72. The van der Waals surface area contributed by atoms with E-state index in [2.05, 4.69) is 5.32 Å². The quantitative estimate of drug-likeness (QED) is 0.659. The van der Waals surface area contributed by atoms with Gasteiger partial charge in [-0.2, -0.15) is 13.2 Å². The molecule has 0 aromatic carbocycles. The van der Waals surface area contributed by atoms with Crippen LogP contribution in [0.2, 0.25) is 0 Å². The van der Waals surface area contributed by atoms with E-state index in [1.54, 1.807) is 0 Å². The maximum Gasteiger partial charge on any atom is 0.404 e. The van der Waals surface area contributed by atoms with Crippen LogP contribution in [0.3, 0.4) is 0 Å². The molecule has 1 rings (SSSR count). The molecule has 1 heterocycles. The lowest BCUT2D eigenvalue weighted by Crippen LogP contribution is -2.53. The Morgan fingerprint density at radius 2 is 2.08 bits per heavy atom. The number of alkyl halides is 3. The number of carbonyl (C=O) groups is 1. The normalized spacial score (nSPS) is 30.1. The first kappa shape index (κ1) is 10.3. The Labute approximate surface area is 72.9 Å². The highest BCUT2D eigenvalue weighted by atomic mass is 19.4. The number of carboxylic acids is 1. The Kier molecular flexibility index (Phi) is 2.80. The van der Waals surface area contributed by atoms with E-state index in [1.807, 2.05) is 0 Å². The minimum Gasteiger partial charge on any atom is -0.481 e. The fourth-order valence-corrected chi connectivity index (χ4v) is 1.50. The molecule has 0 bridgehead atoms. The lowest BCUT2D eigenvalue weighted by atomic mass is 9.90. The Morgan fingerprint density at radius 1 is 1.46 bits per heavy atom. The third kappa shape index (κ3) is 2.33.